The van der Waals surface area contributed by atoms with Gasteiger partial charge < -0.3 is 31.2 Å². The Kier molecular flexibility index (Phi) is 17.8. The predicted molar refractivity (Wildman–Crippen MR) is 179 cm³/mol. The maximum atomic E-state index is 12.9. The number of benzene rings is 1. The fraction of sp³-hybridized carbons (Fsp3) is 0.714. The lowest BCUT2D eigenvalue weighted by atomic mass is 10.00. The molecule has 3 amide bonds. The van der Waals surface area contributed by atoms with Crippen LogP contribution in [-0.4, -0.2) is 60.3 Å². The highest BCUT2D eigenvalue weighted by molar-refractivity contribution is 5.87. The molecule has 0 aliphatic rings. The second kappa shape index (κ2) is 20.1. The lowest BCUT2D eigenvalue weighted by Gasteiger charge is -2.25. The Bertz CT molecular complexity index is 1040. The smallest absolute Gasteiger partial charge is 0.407 e. The first-order chi connectivity index (χ1) is 20.9. The maximum Gasteiger partial charge on any atom is 0.407 e. The van der Waals surface area contributed by atoms with E-state index in [0.29, 0.717) is 64.0 Å². The molecule has 0 aromatic heterocycles. The molecule has 0 aliphatic carbocycles. The van der Waals surface area contributed by atoms with Crippen LogP contribution in [0.2, 0.25) is 0 Å². The molecule has 0 saturated heterocycles. The first kappa shape index (κ1) is 39.9. The van der Waals surface area contributed by atoms with Crippen LogP contribution in [0.3, 0.4) is 0 Å². The molecule has 1 rings (SSSR count). The Morgan fingerprint density at radius 2 is 1.31 bits per heavy atom. The second-order valence-electron chi connectivity index (χ2n) is 14.2. The van der Waals surface area contributed by atoms with Gasteiger partial charge in [-0.3, -0.25) is 9.59 Å². The summed E-state index contributed by atoms with van der Waals surface area (Å²) in [5, 5.41) is 8.40. The highest BCUT2D eigenvalue weighted by atomic mass is 16.6. The van der Waals surface area contributed by atoms with Crippen molar-refractivity contribution in [2.75, 3.05) is 13.1 Å². The Morgan fingerprint density at radius 1 is 0.756 bits per heavy atom. The van der Waals surface area contributed by atoms with Crippen LogP contribution in [0.25, 0.3) is 0 Å². The number of nitrogens with two attached hydrogens (primary N) is 1. The van der Waals surface area contributed by atoms with Crippen molar-refractivity contribution in [3.8, 4) is 0 Å². The summed E-state index contributed by atoms with van der Waals surface area (Å²) in [7, 11) is 0. The van der Waals surface area contributed by atoms with Crippen molar-refractivity contribution >= 4 is 23.9 Å². The Morgan fingerprint density at radius 3 is 1.89 bits per heavy atom. The van der Waals surface area contributed by atoms with Crippen LogP contribution >= 0.6 is 0 Å². The zero-order valence-corrected chi connectivity index (χ0v) is 29.1. The minimum Gasteiger partial charge on any atom is -0.458 e. The van der Waals surface area contributed by atoms with Gasteiger partial charge in [0, 0.05) is 19.5 Å². The van der Waals surface area contributed by atoms with Gasteiger partial charge in [-0.05, 0) is 116 Å². The number of carbonyl (C=O) groups is 4. The van der Waals surface area contributed by atoms with Gasteiger partial charge in [0.2, 0.25) is 11.8 Å². The molecule has 1 aromatic rings. The van der Waals surface area contributed by atoms with Crippen molar-refractivity contribution in [1.82, 2.24) is 16.0 Å². The summed E-state index contributed by atoms with van der Waals surface area (Å²) in [4.78, 5) is 49.7. The number of amides is 3. The van der Waals surface area contributed by atoms with Gasteiger partial charge >= 0.3 is 12.1 Å². The van der Waals surface area contributed by atoms with Crippen LogP contribution in [0.5, 0.6) is 0 Å². The van der Waals surface area contributed by atoms with Crippen molar-refractivity contribution in [2.24, 2.45) is 11.7 Å². The number of ether oxygens (including phenoxy) is 2. The average molecular weight is 633 g/mol. The summed E-state index contributed by atoms with van der Waals surface area (Å²) in [6.07, 6.45) is 5.97. The molecule has 0 saturated carbocycles. The van der Waals surface area contributed by atoms with Crippen molar-refractivity contribution < 1.29 is 28.7 Å². The molecule has 0 bridgehead atoms. The number of hydrogen-bond acceptors (Lipinski definition) is 7. The van der Waals surface area contributed by atoms with E-state index in [1.807, 2.05) is 0 Å². The highest BCUT2D eigenvalue weighted by Gasteiger charge is 2.28. The summed E-state index contributed by atoms with van der Waals surface area (Å²) in [5.41, 5.74) is 7.41. The van der Waals surface area contributed by atoms with E-state index in [1.54, 1.807) is 41.5 Å². The Labute approximate surface area is 271 Å². The number of alkyl carbamates (subject to hydrolysis) is 1. The third kappa shape index (κ3) is 20.5. The third-order valence-electron chi connectivity index (χ3n) is 6.73. The van der Waals surface area contributed by atoms with Crippen LogP contribution in [0.1, 0.15) is 118 Å². The number of rotatable bonds is 19. The maximum absolute atomic E-state index is 12.9. The molecule has 10 nitrogen and oxygen atoms in total. The number of carbonyl (C=O) groups excluding carboxylic acids is 4. The molecule has 10 heteroatoms. The van der Waals surface area contributed by atoms with Gasteiger partial charge in [-0.25, -0.2) is 9.59 Å². The van der Waals surface area contributed by atoms with E-state index >= 15 is 0 Å². The highest BCUT2D eigenvalue weighted by Crippen LogP contribution is 2.14. The molecule has 256 valence electrons. The molecule has 5 N–H and O–H groups in total. The number of nitrogens with one attached hydrogen (secondary N) is 3. The summed E-state index contributed by atoms with van der Waals surface area (Å²) >= 11 is 0. The van der Waals surface area contributed by atoms with Crippen molar-refractivity contribution in [2.45, 2.75) is 143 Å². The topological polar surface area (TPSA) is 149 Å². The van der Waals surface area contributed by atoms with Crippen molar-refractivity contribution in [3.05, 3.63) is 35.4 Å². The SMILES string of the molecule is CC(C)Cc1ccc(CCCC(=O)NCCCCC(NC(=O)C(N)CCCCNC(=O)OC(C)(C)C)C(=O)OC(C)(C)C)cc1. The largest absolute Gasteiger partial charge is 0.458 e. The van der Waals surface area contributed by atoms with Gasteiger partial charge in [-0.1, -0.05) is 38.1 Å². The third-order valence-corrected chi connectivity index (χ3v) is 6.73. The van der Waals surface area contributed by atoms with Gasteiger partial charge in [0.05, 0.1) is 6.04 Å². The molecule has 2 unspecified atom stereocenters. The van der Waals surface area contributed by atoms with Crippen LogP contribution < -0.4 is 21.7 Å². The number of hydrogen-bond donors (Lipinski definition) is 4. The Balaban J connectivity index is 2.40. The number of esters is 1. The zero-order chi connectivity index (χ0) is 34.0. The molecule has 0 heterocycles. The molecule has 0 radical (unpaired) electrons. The fourth-order valence-corrected chi connectivity index (χ4v) is 4.58. The first-order valence-corrected chi connectivity index (χ1v) is 16.6. The lowest BCUT2D eigenvalue weighted by molar-refractivity contribution is -0.159. The van der Waals surface area contributed by atoms with E-state index in [1.165, 1.54) is 11.1 Å². The number of aryl methyl sites for hydroxylation is 1. The molecule has 1 aromatic carbocycles. The fourth-order valence-electron chi connectivity index (χ4n) is 4.58. The monoisotopic (exact) mass is 632 g/mol. The normalized spacial score (nSPS) is 13.1. The summed E-state index contributed by atoms with van der Waals surface area (Å²) in [6.45, 7) is 16.0. The van der Waals surface area contributed by atoms with Crippen molar-refractivity contribution in [3.63, 3.8) is 0 Å². The molecule has 2 atom stereocenters. The standard InChI is InChI=1S/C35H60N4O6/c1-25(2)24-27-20-18-26(19-21-27)14-13-17-30(40)37-22-12-10-16-29(32(42)44-34(3,4)5)39-31(41)28(36)15-9-11-23-38-33(43)45-35(6,7)8/h18-21,25,28-29H,9-17,22-24,36H2,1-8H3,(H,37,40)(H,38,43)(H,39,41). The van der Waals surface area contributed by atoms with E-state index in [9.17, 15) is 19.2 Å². The van der Waals surface area contributed by atoms with Gasteiger partial charge in [0.1, 0.15) is 17.2 Å². The zero-order valence-electron chi connectivity index (χ0n) is 29.1. The van der Waals surface area contributed by atoms with Gasteiger partial charge in [-0.15, -0.1) is 0 Å². The first-order valence-electron chi connectivity index (χ1n) is 16.6. The predicted octanol–water partition coefficient (Wildman–Crippen LogP) is 5.34. The molecular weight excluding hydrogens is 572 g/mol. The second-order valence-corrected chi connectivity index (χ2v) is 14.2. The minimum atomic E-state index is -0.834. The van der Waals surface area contributed by atoms with Crippen LogP contribution in [0.15, 0.2) is 24.3 Å². The molecular formula is C35H60N4O6. The van der Waals surface area contributed by atoms with Gasteiger partial charge in [0.15, 0.2) is 0 Å². The molecule has 0 spiro atoms. The van der Waals surface area contributed by atoms with Crippen LogP contribution in [0, 0.1) is 5.92 Å². The Hall–Kier alpha value is -3.14. The molecule has 0 aliphatic heterocycles. The minimum absolute atomic E-state index is 0.00990. The average Bonchev–Trinajstić information content (AvgIpc) is 2.90. The summed E-state index contributed by atoms with van der Waals surface area (Å²) in [6, 6.07) is 7.01. The number of unbranched alkanes of at least 4 members (excludes halogenated alkanes) is 2. The molecule has 45 heavy (non-hydrogen) atoms. The van der Waals surface area contributed by atoms with Gasteiger partial charge in [-0.2, -0.15) is 0 Å². The molecule has 0 fully saturated rings. The van der Waals surface area contributed by atoms with Crippen LogP contribution in [-0.2, 0) is 36.7 Å². The van der Waals surface area contributed by atoms with E-state index in [4.69, 9.17) is 15.2 Å². The van der Waals surface area contributed by atoms with E-state index in [2.05, 4.69) is 54.1 Å². The lowest BCUT2D eigenvalue weighted by Crippen LogP contribution is -2.50. The van der Waals surface area contributed by atoms with E-state index in [0.717, 1.165) is 19.3 Å². The summed E-state index contributed by atoms with van der Waals surface area (Å²) < 4.78 is 10.7. The van der Waals surface area contributed by atoms with Crippen LogP contribution in [0.4, 0.5) is 4.79 Å². The van der Waals surface area contributed by atoms with Crippen molar-refractivity contribution in [1.29, 1.82) is 0 Å². The van der Waals surface area contributed by atoms with Gasteiger partial charge in [0.25, 0.3) is 0 Å². The quantitative estimate of drug-likeness (QED) is 0.119. The van der Waals surface area contributed by atoms with E-state index in [-0.39, 0.29) is 5.91 Å². The van der Waals surface area contributed by atoms with E-state index < -0.39 is 41.3 Å². The summed E-state index contributed by atoms with van der Waals surface area (Å²) in [5.74, 6) is -0.293.